The third-order valence-electron chi connectivity index (χ3n) is 8.19. The van der Waals surface area contributed by atoms with E-state index >= 15 is 0 Å². The largest absolute Gasteiger partial charge is 0.504 e. The summed E-state index contributed by atoms with van der Waals surface area (Å²) in [6.07, 6.45) is 6.00. The van der Waals surface area contributed by atoms with Gasteiger partial charge in [-0.3, -0.25) is 4.90 Å². The molecule has 2 saturated carbocycles. The first-order chi connectivity index (χ1) is 12.6. The van der Waals surface area contributed by atoms with Gasteiger partial charge in [-0.25, -0.2) is 0 Å². The highest BCUT2D eigenvalue weighted by atomic mass is 16.5. The van der Waals surface area contributed by atoms with E-state index in [1.54, 1.807) is 6.07 Å². The number of aromatic hydroxyl groups is 1. The Bertz CT molecular complexity index is 779. The standard InChI is InChI=1S/C21H28N2O3/c22-10-14-5-6-21(25)16-9-13-3-4-15(24)18-17(13)20(21,19(14)26-18)7-8-23(16)11-12-1-2-12/h3-4,12,14,16,19,24-25H,1-2,5-11,22H2/t14-,16+,19-,20-,21+/m0/s1. The second kappa shape index (κ2) is 4.94. The van der Waals surface area contributed by atoms with Crippen LogP contribution < -0.4 is 10.5 Å². The van der Waals surface area contributed by atoms with Gasteiger partial charge in [0.2, 0.25) is 0 Å². The molecule has 0 aromatic heterocycles. The summed E-state index contributed by atoms with van der Waals surface area (Å²) in [5.41, 5.74) is 7.29. The summed E-state index contributed by atoms with van der Waals surface area (Å²) in [4.78, 5) is 2.57. The minimum absolute atomic E-state index is 0.112. The van der Waals surface area contributed by atoms with E-state index in [0.29, 0.717) is 12.3 Å². The van der Waals surface area contributed by atoms with E-state index in [-0.39, 0.29) is 23.8 Å². The fraction of sp³-hybridized carbons (Fsp3) is 0.714. The van der Waals surface area contributed by atoms with Gasteiger partial charge >= 0.3 is 0 Å². The molecule has 140 valence electrons. The molecule has 2 aliphatic heterocycles. The zero-order valence-corrected chi connectivity index (χ0v) is 15.2. The number of phenols is 1. The second-order valence-electron chi connectivity index (χ2n) is 9.32. The summed E-state index contributed by atoms with van der Waals surface area (Å²) < 4.78 is 6.40. The Balaban J connectivity index is 1.55. The third kappa shape index (κ3) is 1.68. The molecule has 26 heavy (non-hydrogen) atoms. The summed E-state index contributed by atoms with van der Waals surface area (Å²) in [5, 5.41) is 22.7. The van der Waals surface area contributed by atoms with Crippen LogP contribution in [-0.4, -0.2) is 52.5 Å². The fourth-order valence-electron chi connectivity index (χ4n) is 6.83. The van der Waals surface area contributed by atoms with E-state index in [4.69, 9.17) is 10.5 Å². The van der Waals surface area contributed by atoms with Crippen molar-refractivity contribution in [3.63, 3.8) is 0 Å². The highest BCUT2D eigenvalue weighted by Gasteiger charge is 2.72. The maximum absolute atomic E-state index is 12.2. The zero-order valence-electron chi connectivity index (χ0n) is 15.2. The Labute approximate surface area is 154 Å². The molecule has 2 bridgehead atoms. The molecular weight excluding hydrogens is 328 g/mol. The van der Waals surface area contributed by atoms with Crippen molar-refractivity contribution >= 4 is 0 Å². The van der Waals surface area contributed by atoms with Gasteiger partial charge in [0.25, 0.3) is 0 Å². The van der Waals surface area contributed by atoms with E-state index < -0.39 is 11.0 Å². The molecule has 1 aromatic rings. The van der Waals surface area contributed by atoms with Crippen molar-refractivity contribution in [2.45, 2.75) is 61.7 Å². The van der Waals surface area contributed by atoms with Crippen LogP contribution in [0.4, 0.5) is 0 Å². The molecule has 6 rings (SSSR count). The van der Waals surface area contributed by atoms with Crippen molar-refractivity contribution in [3.05, 3.63) is 23.3 Å². The average molecular weight is 356 g/mol. The molecule has 5 atom stereocenters. The lowest BCUT2D eigenvalue weighted by atomic mass is 9.47. The molecule has 3 fully saturated rings. The molecule has 3 aliphatic carbocycles. The molecular formula is C21H28N2O3. The van der Waals surface area contributed by atoms with E-state index in [2.05, 4.69) is 11.0 Å². The van der Waals surface area contributed by atoms with Crippen LogP contribution in [0.1, 0.15) is 43.2 Å². The normalized spacial score (nSPS) is 43.1. The molecule has 0 unspecified atom stereocenters. The number of hydrogen-bond acceptors (Lipinski definition) is 5. The van der Waals surface area contributed by atoms with Crippen LogP contribution in [0, 0.1) is 11.8 Å². The van der Waals surface area contributed by atoms with Gasteiger partial charge in [0, 0.05) is 24.1 Å². The maximum Gasteiger partial charge on any atom is 0.165 e. The minimum atomic E-state index is -0.775. The van der Waals surface area contributed by atoms with Gasteiger partial charge in [-0.05, 0) is 69.2 Å². The third-order valence-corrected chi connectivity index (χ3v) is 8.19. The Morgan fingerprint density at radius 2 is 2.08 bits per heavy atom. The van der Waals surface area contributed by atoms with E-state index in [0.717, 1.165) is 50.3 Å². The quantitative estimate of drug-likeness (QED) is 0.766. The summed E-state index contributed by atoms with van der Waals surface area (Å²) in [7, 11) is 0. The number of aliphatic hydroxyl groups is 1. The Morgan fingerprint density at radius 1 is 1.23 bits per heavy atom. The lowest BCUT2D eigenvalue weighted by Crippen LogP contribution is -2.76. The van der Waals surface area contributed by atoms with Crippen molar-refractivity contribution in [1.82, 2.24) is 4.90 Å². The summed E-state index contributed by atoms with van der Waals surface area (Å²) in [5.74, 6) is 1.90. The van der Waals surface area contributed by atoms with Crippen molar-refractivity contribution in [2.75, 3.05) is 19.6 Å². The van der Waals surface area contributed by atoms with E-state index in [9.17, 15) is 10.2 Å². The first kappa shape index (κ1) is 15.7. The van der Waals surface area contributed by atoms with Gasteiger partial charge in [0.1, 0.15) is 6.10 Å². The summed E-state index contributed by atoms with van der Waals surface area (Å²) in [6.45, 7) is 2.70. The Hall–Kier alpha value is -1.30. The molecule has 2 heterocycles. The molecule has 0 amide bonds. The number of nitrogens with zero attached hydrogens (tertiary/aromatic N) is 1. The predicted octanol–water partition coefficient (Wildman–Crippen LogP) is 1.53. The number of hydrogen-bond donors (Lipinski definition) is 3. The van der Waals surface area contributed by atoms with Crippen LogP contribution in [-0.2, 0) is 11.8 Å². The lowest BCUT2D eigenvalue weighted by Gasteiger charge is -2.64. The number of ether oxygens (including phenoxy) is 1. The monoisotopic (exact) mass is 356 g/mol. The van der Waals surface area contributed by atoms with E-state index in [1.807, 2.05) is 0 Å². The molecule has 5 aliphatic rings. The van der Waals surface area contributed by atoms with Gasteiger partial charge < -0.3 is 20.7 Å². The highest BCUT2D eigenvalue weighted by molar-refractivity contribution is 5.62. The SMILES string of the molecule is NC[C@@H]1CC[C@@]2(O)[C@H]3Cc4ccc(O)c5c4[C@@]2(CCN3CC2CC2)[C@H]1O5. The van der Waals surface area contributed by atoms with Crippen LogP contribution in [0.25, 0.3) is 0 Å². The number of rotatable bonds is 3. The number of benzene rings is 1. The lowest BCUT2D eigenvalue weighted by molar-refractivity contribution is -0.197. The van der Waals surface area contributed by atoms with Crippen molar-refractivity contribution in [2.24, 2.45) is 17.6 Å². The Morgan fingerprint density at radius 3 is 2.85 bits per heavy atom. The first-order valence-electron chi connectivity index (χ1n) is 10.3. The van der Waals surface area contributed by atoms with Gasteiger partial charge in [0.05, 0.1) is 11.0 Å². The summed E-state index contributed by atoms with van der Waals surface area (Å²) in [6, 6.07) is 3.98. The van der Waals surface area contributed by atoms with Gasteiger partial charge in [-0.15, -0.1) is 0 Å². The minimum Gasteiger partial charge on any atom is -0.504 e. The molecule has 5 heteroatoms. The van der Waals surface area contributed by atoms with Gasteiger partial charge in [-0.2, -0.15) is 0 Å². The molecule has 5 nitrogen and oxygen atoms in total. The van der Waals surface area contributed by atoms with E-state index in [1.165, 1.54) is 18.4 Å². The predicted molar refractivity (Wildman–Crippen MR) is 97.3 cm³/mol. The van der Waals surface area contributed by atoms with Crippen LogP contribution in [0.15, 0.2) is 12.1 Å². The number of likely N-dealkylation sites (tertiary alicyclic amines) is 1. The number of phenolic OH excluding ortho intramolecular Hbond substituents is 1. The van der Waals surface area contributed by atoms with Crippen LogP contribution in [0.2, 0.25) is 0 Å². The highest BCUT2D eigenvalue weighted by Crippen LogP contribution is 2.66. The molecule has 4 N–H and O–H groups in total. The van der Waals surface area contributed by atoms with Gasteiger partial charge in [0.15, 0.2) is 11.5 Å². The Kier molecular flexibility index (Phi) is 2.99. The second-order valence-corrected chi connectivity index (χ2v) is 9.32. The average Bonchev–Trinajstić information content (AvgIpc) is 3.37. The van der Waals surface area contributed by atoms with Gasteiger partial charge in [-0.1, -0.05) is 6.07 Å². The number of nitrogens with two attached hydrogens (primary N) is 1. The van der Waals surface area contributed by atoms with Crippen LogP contribution in [0.3, 0.4) is 0 Å². The fourth-order valence-corrected chi connectivity index (χ4v) is 6.83. The zero-order chi connectivity index (χ0) is 17.7. The van der Waals surface area contributed by atoms with Crippen molar-refractivity contribution < 1.29 is 14.9 Å². The molecule has 1 spiro atoms. The smallest absolute Gasteiger partial charge is 0.165 e. The van der Waals surface area contributed by atoms with Crippen molar-refractivity contribution in [3.8, 4) is 11.5 Å². The molecule has 1 saturated heterocycles. The molecule has 1 aromatic carbocycles. The molecule has 0 radical (unpaired) electrons. The number of piperidine rings is 1. The maximum atomic E-state index is 12.2. The first-order valence-corrected chi connectivity index (χ1v) is 10.3. The van der Waals surface area contributed by atoms with Crippen molar-refractivity contribution in [1.29, 1.82) is 0 Å². The van der Waals surface area contributed by atoms with Crippen LogP contribution in [0.5, 0.6) is 11.5 Å². The summed E-state index contributed by atoms with van der Waals surface area (Å²) >= 11 is 0. The van der Waals surface area contributed by atoms with Crippen LogP contribution >= 0.6 is 0 Å². The topological polar surface area (TPSA) is 79.0 Å².